The van der Waals surface area contributed by atoms with Crippen molar-refractivity contribution in [1.29, 1.82) is 0 Å². The highest BCUT2D eigenvalue weighted by Crippen LogP contribution is 2.42. The molecular formula is C20H35IN6S. The minimum atomic E-state index is 0. The Bertz CT molecular complexity index is 650. The third-order valence-electron chi connectivity index (χ3n) is 6.34. The van der Waals surface area contributed by atoms with Crippen molar-refractivity contribution >= 4 is 41.7 Å². The Hall–Kier alpha value is -0.510. The Labute approximate surface area is 190 Å². The normalized spacial score (nSPS) is 22.3. The third kappa shape index (κ3) is 5.15. The molecule has 8 heteroatoms. The predicted molar refractivity (Wildman–Crippen MR) is 128 cm³/mol. The van der Waals surface area contributed by atoms with E-state index in [1.54, 1.807) is 0 Å². The standard InChI is InChI=1S/C20H34N6S.HI/c1-21-19(25-14-15-27-20(16-25)10-5-3-6-11-20)22-12-9-18-24-23-17-8-4-2-7-13-26(17)18;/h2-16H2,1H3,(H,21,22);1H. The molecule has 4 rings (SSSR count). The monoisotopic (exact) mass is 518 g/mol. The molecule has 0 radical (unpaired) electrons. The van der Waals surface area contributed by atoms with Crippen LogP contribution in [0.5, 0.6) is 0 Å². The first-order valence-corrected chi connectivity index (χ1v) is 11.8. The van der Waals surface area contributed by atoms with Gasteiger partial charge in [0.25, 0.3) is 0 Å². The lowest BCUT2D eigenvalue weighted by Crippen LogP contribution is -2.53. The number of aliphatic imine (C=N–C) groups is 1. The van der Waals surface area contributed by atoms with Crippen LogP contribution in [0.3, 0.4) is 0 Å². The average Bonchev–Trinajstić information content (AvgIpc) is 2.92. The van der Waals surface area contributed by atoms with Crippen molar-refractivity contribution in [2.45, 2.75) is 75.5 Å². The molecule has 1 saturated heterocycles. The Balaban J connectivity index is 0.00000225. The minimum Gasteiger partial charge on any atom is -0.356 e. The zero-order valence-corrected chi connectivity index (χ0v) is 20.3. The van der Waals surface area contributed by atoms with Crippen LogP contribution in [0.4, 0.5) is 0 Å². The number of hydrogen-bond acceptors (Lipinski definition) is 4. The van der Waals surface area contributed by atoms with E-state index in [1.165, 1.54) is 62.9 Å². The molecule has 1 saturated carbocycles. The van der Waals surface area contributed by atoms with Gasteiger partial charge in [-0.25, -0.2) is 0 Å². The quantitative estimate of drug-likeness (QED) is 0.377. The van der Waals surface area contributed by atoms with Gasteiger partial charge in [0.05, 0.1) is 0 Å². The van der Waals surface area contributed by atoms with Crippen LogP contribution in [0.1, 0.15) is 63.0 Å². The van der Waals surface area contributed by atoms with E-state index in [1.807, 2.05) is 7.05 Å². The first kappa shape index (κ1) is 22.2. The molecule has 2 fully saturated rings. The van der Waals surface area contributed by atoms with Gasteiger partial charge in [-0.05, 0) is 25.7 Å². The molecule has 0 unspecified atom stereocenters. The Morgan fingerprint density at radius 3 is 2.75 bits per heavy atom. The summed E-state index contributed by atoms with van der Waals surface area (Å²) in [6.45, 7) is 4.21. The summed E-state index contributed by atoms with van der Waals surface area (Å²) in [4.78, 5) is 7.08. The fraction of sp³-hybridized carbons (Fsp3) is 0.850. The van der Waals surface area contributed by atoms with Crippen molar-refractivity contribution in [2.75, 3.05) is 32.4 Å². The largest absolute Gasteiger partial charge is 0.356 e. The van der Waals surface area contributed by atoms with Crippen molar-refractivity contribution in [3.05, 3.63) is 11.6 Å². The molecule has 0 atom stereocenters. The van der Waals surface area contributed by atoms with Gasteiger partial charge in [0.2, 0.25) is 0 Å². The predicted octanol–water partition coefficient (Wildman–Crippen LogP) is 3.49. The van der Waals surface area contributed by atoms with Crippen LogP contribution in [0.25, 0.3) is 0 Å². The molecule has 28 heavy (non-hydrogen) atoms. The fourth-order valence-electron chi connectivity index (χ4n) is 4.87. The van der Waals surface area contributed by atoms with Gasteiger partial charge in [0.1, 0.15) is 11.6 Å². The summed E-state index contributed by atoms with van der Waals surface area (Å²) in [5, 5.41) is 12.5. The molecule has 0 amide bonds. The molecule has 0 bridgehead atoms. The number of guanidine groups is 1. The number of thioether (sulfide) groups is 1. The molecular weight excluding hydrogens is 483 g/mol. The van der Waals surface area contributed by atoms with Crippen LogP contribution in [-0.2, 0) is 19.4 Å². The zero-order chi connectivity index (χ0) is 18.5. The molecule has 2 aliphatic heterocycles. The van der Waals surface area contributed by atoms with Crippen LogP contribution in [0.15, 0.2) is 4.99 Å². The van der Waals surface area contributed by atoms with Gasteiger partial charge < -0.3 is 14.8 Å². The number of rotatable bonds is 3. The van der Waals surface area contributed by atoms with Gasteiger partial charge in [0, 0.05) is 56.6 Å². The van der Waals surface area contributed by atoms with Crippen LogP contribution in [0, 0.1) is 0 Å². The highest BCUT2D eigenvalue weighted by molar-refractivity contribution is 14.0. The smallest absolute Gasteiger partial charge is 0.193 e. The van der Waals surface area contributed by atoms with E-state index in [4.69, 9.17) is 0 Å². The van der Waals surface area contributed by atoms with Crippen LogP contribution in [0.2, 0.25) is 0 Å². The van der Waals surface area contributed by atoms with E-state index < -0.39 is 0 Å². The topological polar surface area (TPSA) is 58.3 Å². The average molecular weight is 519 g/mol. The summed E-state index contributed by atoms with van der Waals surface area (Å²) in [7, 11) is 1.92. The first-order valence-electron chi connectivity index (χ1n) is 10.8. The molecule has 3 aliphatic rings. The number of halogens is 1. The maximum Gasteiger partial charge on any atom is 0.193 e. The van der Waals surface area contributed by atoms with E-state index in [0.29, 0.717) is 4.75 Å². The lowest BCUT2D eigenvalue weighted by atomic mass is 9.87. The van der Waals surface area contributed by atoms with Gasteiger partial charge >= 0.3 is 0 Å². The van der Waals surface area contributed by atoms with Gasteiger partial charge in [0.15, 0.2) is 5.96 Å². The molecule has 158 valence electrons. The van der Waals surface area contributed by atoms with E-state index >= 15 is 0 Å². The van der Waals surface area contributed by atoms with Crippen molar-refractivity contribution in [3.8, 4) is 0 Å². The SMILES string of the molecule is CN=C(NCCc1nnc2n1CCCCC2)N1CCSC2(CCCCC2)C1.I. The van der Waals surface area contributed by atoms with Crippen LogP contribution in [-0.4, -0.2) is 62.8 Å². The Morgan fingerprint density at radius 2 is 1.93 bits per heavy atom. The van der Waals surface area contributed by atoms with Gasteiger partial charge in [-0.1, -0.05) is 25.7 Å². The number of hydrogen-bond donors (Lipinski definition) is 1. The highest BCUT2D eigenvalue weighted by atomic mass is 127. The van der Waals surface area contributed by atoms with Gasteiger partial charge in [-0.15, -0.1) is 34.2 Å². The summed E-state index contributed by atoms with van der Waals surface area (Å²) in [5.74, 6) is 4.60. The maximum absolute atomic E-state index is 4.59. The minimum absolute atomic E-state index is 0. The summed E-state index contributed by atoms with van der Waals surface area (Å²) in [6.07, 6.45) is 12.7. The summed E-state index contributed by atoms with van der Waals surface area (Å²) in [5.41, 5.74) is 0. The number of fused-ring (bicyclic) bond motifs is 1. The second kappa shape index (κ2) is 10.5. The lowest BCUT2D eigenvalue weighted by molar-refractivity contribution is 0.293. The van der Waals surface area contributed by atoms with Crippen LogP contribution >= 0.6 is 35.7 Å². The molecule has 1 N–H and O–H groups in total. The first-order chi connectivity index (χ1) is 13.3. The molecule has 1 aliphatic carbocycles. The van der Waals surface area contributed by atoms with E-state index in [9.17, 15) is 0 Å². The number of nitrogens with zero attached hydrogens (tertiary/aromatic N) is 5. The van der Waals surface area contributed by atoms with Crippen molar-refractivity contribution in [3.63, 3.8) is 0 Å². The van der Waals surface area contributed by atoms with E-state index in [0.717, 1.165) is 50.8 Å². The van der Waals surface area contributed by atoms with E-state index in [2.05, 4.69) is 41.7 Å². The van der Waals surface area contributed by atoms with Gasteiger partial charge in [-0.2, -0.15) is 11.8 Å². The maximum atomic E-state index is 4.59. The van der Waals surface area contributed by atoms with Crippen molar-refractivity contribution < 1.29 is 0 Å². The fourth-order valence-corrected chi connectivity index (χ4v) is 6.44. The summed E-state index contributed by atoms with van der Waals surface area (Å²) >= 11 is 2.21. The molecule has 1 aromatic rings. The van der Waals surface area contributed by atoms with Crippen molar-refractivity contribution in [1.82, 2.24) is 25.0 Å². The number of nitrogens with one attached hydrogen (secondary N) is 1. The van der Waals surface area contributed by atoms with Gasteiger partial charge in [-0.3, -0.25) is 4.99 Å². The van der Waals surface area contributed by atoms with Crippen LogP contribution < -0.4 is 5.32 Å². The Morgan fingerprint density at radius 1 is 1.11 bits per heavy atom. The number of aryl methyl sites for hydroxylation is 1. The van der Waals surface area contributed by atoms with E-state index in [-0.39, 0.29) is 24.0 Å². The molecule has 1 spiro atoms. The molecule has 3 heterocycles. The highest BCUT2D eigenvalue weighted by Gasteiger charge is 2.38. The lowest BCUT2D eigenvalue weighted by Gasteiger charge is -2.45. The summed E-state index contributed by atoms with van der Waals surface area (Å²) in [6, 6.07) is 0. The third-order valence-corrected chi connectivity index (χ3v) is 7.88. The number of aromatic nitrogens is 3. The Kier molecular flexibility index (Phi) is 8.32. The molecule has 1 aromatic heterocycles. The molecule has 0 aromatic carbocycles. The second-order valence-electron chi connectivity index (χ2n) is 8.23. The second-order valence-corrected chi connectivity index (χ2v) is 9.80. The summed E-state index contributed by atoms with van der Waals surface area (Å²) < 4.78 is 2.82. The molecule has 6 nitrogen and oxygen atoms in total. The van der Waals surface area contributed by atoms with Crippen molar-refractivity contribution in [2.24, 2.45) is 4.99 Å². The zero-order valence-electron chi connectivity index (χ0n) is 17.2.